The number of hydrogen-bond donors (Lipinski definition) is 0. The second-order valence-electron chi connectivity index (χ2n) is 7.79. The molecule has 1 aromatic heterocycles. The van der Waals surface area contributed by atoms with Crippen molar-refractivity contribution in [1.82, 2.24) is 14.7 Å². The van der Waals surface area contributed by atoms with Crippen LogP contribution in [-0.2, 0) is 9.84 Å². The van der Waals surface area contributed by atoms with Crippen LogP contribution < -0.4 is 0 Å². The van der Waals surface area contributed by atoms with Gasteiger partial charge in [-0.15, -0.1) is 0 Å². The first-order valence-corrected chi connectivity index (χ1v) is 11.4. The smallest absolute Gasteiger partial charge is 0.274 e. The molecule has 1 aliphatic carbocycles. The van der Waals surface area contributed by atoms with Crippen molar-refractivity contribution in [1.29, 1.82) is 0 Å². The number of hydrogen-bond acceptors (Lipinski definition) is 4. The SMILES string of the molecule is CCC1CCCCN1C(=O)c1cc(C2CC2)n(C2CCS(=O)(=O)C2)n1. The summed E-state index contributed by atoms with van der Waals surface area (Å²) in [7, 11) is -2.97. The lowest BCUT2D eigenvalue weighted by atomic mass is 9.99. The van der Waals surface area contributed by atoms with Gasteiger partial charge in [0.15, 0.2) is 15.5 Å². The molecule has 1 saturated carbocycles. The number of nitrogens with zero attached hydrogens (tertiary/aromatic N) is 3. The first kappa shape index (κ1) is 17.1. The van der Waals surface area contributed by atoms with E-state index in [-0.39, 0.29) is 23.5 Å². The van der Waals surface area contributed by atoms with Gasteiger partial charge in [-0.25, -0.2) is 8.42 Å². The van der Waals surface area contributed by atoms with Gasteiger partial charge in [0.2, 0.25) is 0 Å². The Kier molecular flexibility index (Phi) is 4.38. The topological polar surface area (TPSA) is 72.3 Å². The van der Waals surface area contributed by atoms with E-state index in [9.17, 15) is 13.2 Å². The summed E-state index contributed by atoms with van der Waals surface area (Å²) in [5, 5.41) is 4.62. The van der Waals surface area contributed by atoms with Crippen molar-refractivity contribution in [3.63, 3.8) is 0 Å². The van der Waals surface area contributed by atoms with Gasteiger partial charge in [0, 0.05) is 24.2 Å². The van der Waals surface area contributed by atoms with Crippen LogP contribution in [0.5, 0.6) is 0 Å². The molecule has 7 heteroatoms. The molecule has 3 fully saturated rings. The third-order valence-corrected chi connectivity index (χ3v) is 7.64. The Bertz CT molecular complexity index is 767. The maximum Gasteiger partial charge on any atom is 0.274 e. The first-order valence-electron chi connectivity index (χ1n) is 9.59. The predicted octanol–water partition coefficient (Wildman–Crippen LogP) is 2.52. The van der Waals surface area contributed by atoms with Gasteiger partial charge < -0.3 is 4.90 Å². The van der Waals surface area contributed by atoms with Crippen molar-refractivity contribution in [3.8, 4) is 0 Å². The van der Waals surface area contributed by atoms with Gasteiger partial charge in [-0.1, -0.05) is 6.92 Å². The number of carbonyl (C=O) groups excluding carboxylic acids is 1. The number of sulfone groups is 1. The van der Waals surface area contributed by atoms with Crippen molar-refractivity contribution in [2.24, 2.45) is 0 Å². The second kappa shape index (κ2) is 6.41. The van der Waals surface area contributed by atoms with E-state index in [1.165, 1.54) is 6.42 Å². The molecule has 138 valence electrons. The zero-order valence-electron chi connectivity index (χ0n) is 14.9. The third kappa shape index (κ3) is 3.35. The molecular weight excluding hydrogens is 338 g/mol. The summed E-state index contributed by atoms with van der Waals surface area (Å²) in [5.74, 6) is 0.854. The Balaban J connectivity index is 1.62. The lowest BCUT2D eigenvalue weighted by molar-refractivity contribution is 0.0600. The van der Waals surface area contributed by atoms with Crippen molar-refractivity contribution in [3.05, 3.63) is 17.5 Å². The van der Waals surface area contributed by atoms with Crippen LogP contribution in [0.3, 0.4) is 0 Å². The van der Waals surface area contributed by atoms with Crippen LogP contribution in [0.1, 0.15) is 80.0 Å². The van der Waals surface area contributed by atoms with Crippen LogP contribution in [0.2, 0.25) is 0 Å². The van der Waals surface area contributed by atoms with E-state index in [0.717, 1.165) is 44.3 Å². The van der Waals surface area contributed by atoms with Crippen LogP contribution >= 0.6 is 0 Å². The summed E-state index contributed by atoms with van der Waals surface area (Å²) < 4.78 is 25.6. The highest BCUT2D eigenvalue weighted by Crippen LogP contribution is 2.42. The molecule has 2 saturated heterocycles. The minimum Gasteiger partial charge on any atom is -0.334 e. The molecule has 3 aliphatic rings. The van der Waals surface area contributed by atoms with E-state index >= 15 is 0 Å². The van der Waals surface area contributed by atoms with Crippen molar-refractivity contribution < 1.29 is 13.2 Å². The van der Waals surface area contributed by atoms with Gasteiger partial charge in [0.05, 0.1) is 17.5 Å². The first-order chi connectivity index (χ1) is 12.0. The normalized spacial score (nSPS) is 29.1. The zero-order valence-corrected chi connectivity index (χ0v) is 15.7. The number of likely N-dealkylation sites (tertiary alicyclic amines) is 1. The minimum atomic E-state index is -2.97. The fourth-order valence-electron chi connectivity index (χ4n) is 4.30. The van der Waals surface area contributed by atoms with Gasteiger partial charge in [0.1, 0.15) is 0 Å². The molecule has 4 rings (SSSR count). The molecule has 0 radical (unpaired) electrons. The van der Waals surface area contributed by atoms with E-state index in [0.29, 0.717) is 24.1 Å². The zero-order chi connectivity index (χ0) is 17.6. The monoisotopic (exact) mass is 365 g/mol. The van der Waals surface area contributed by atoms with Gasteiger partial charge >= 0.3 is 0 Å². The summed E-state index contributed by atoms with van der Waals surface area (Å²) in [6.07, 6.45) is 7.12. The highest BCUT2D eigenvalue weighted by atomic mass is 32.2. The van der Waals surface area contributed by atoms with E-state index in [2.05, 4.69) is 12.0 Å². The molecule has 3 heterocycles. The molecule has 2 atom stereocenters. The average Bonchev–Trinajstić information content (AvgIpc) is 3.25. The number of carbonyl (C=O) groups is 1. The minimum absolute atomic E-state index is 0.0213. The summed E-state index contributed by atoms with van der Waals surface area (Å²) in [4.78, 5) is 15.0. The molecule has 0 N–H and O–H groups in total. The second-order valence-corrected chi connectivity index (χ2v) is 10.0. The lowest BCUT2D eigenvalue weighted by Gasteiger charge is -2.34. The fraction of sp³-hybridized carbons (Fsp3) is 0.778. The molecule has 25 heavy (non-hydrogen) atoms. The summed E-state index contributed by atoms with van der Waals surface area (Å²) >= 11 is 0. The molecule has 1 aromatic rings. The van der Waals surface area contributed by atoms with Crippen LogP contribution in [-0.4, -0.2) is 53.1 Å². The van der Waals surface area contributed by atoms with E-state index < -0.39 is 9.84 Å². The predicted molar refractivity (Wildman–Crippen MR) is 95.5 cm³/mol. The molecule has 1 amide bonds. The van der Waals surface area contributed by atoms with Crippen LogP contribution in [0.25, 0.3) is 0 Å². The highest BCUT2D eigenvalue weighted by molar-refractivity contribution is 7.91. The molecule has 0 spiro atoms. The number of aromatic nitrogens is 2. The molecule has 2 aliphatic heterocycles. The summed E-state index contributed by atoms with van der Waals surface area (Å²) in [5.41, 5.74) is 1.57. The maximum absolute atomic E-state index is 13.1. The van der Waals surface area contributed by atoms with E-state index in [4.69, 9.17) is 0 Å². The fourth-order valence-corrected chi connectivity index (χ4v) is 5.99. The maximum atomic E-state index is 13.1. The van der Waals surface area contributed by atoms with Gasteiger partial charge in [-0.05, 0) is 51.0 Å². The van der Waals surface area contributed by atoms with E-state index in [1.54, 1.807) is 0 Å². The third-order valence-electron chi connectivity index (χ3n) is 5.89. The number of amides is 1. The average molecular weight is 365 g/mol. The Morgan fingerprint density at radius 3 is 2.68 bits per heavy atom. The number of piperidine rings is 1. The van der Waals surface area contributed by atoms with Crippen LogP contribution in [0, 0.1) is 0 Å². The summed E-state index contributed by atoms with van der Waals surface area (Å²) in [6, 6.07) is 2.14. The van der Waals surface area contributed by atoms with Crippen LogP contribution in [0.4, 0.5) is 0 Å². The Hall–Kier alpha value is -1.37. The standard InChI is InChI=1S/C18H27N3O3S/c1-2-14-5-3-4-9-20(14)18(22)16-11-17(13-6-7-13)21(19-16)15-8-10-25(23,24)12-15/h11,13-15H,2-10,12H2,1H3. The Morgan fingerprint density at radius 1 is 1.24 bits per heavy atom. The molecule has 0 bridgehead atoms. The molecule has 0 aromatic carbocycles. The van der Waals surface area contributed by atoms with Crippen molar-refractivity contribution in [2.75, 3.05) is 18.1 Å². The van der Waals surface area contributed by atoms with Crippen molar-refractivity contribution >= 4 is 15.7 Å². The molecular formula is C18H27N3O3S. The van der Waals surface area contributed by atoms with Crippen LogP contribution in [0.15, 0.2) is 6.07 Å². The Labute approximate surface area is 149 Å². The van der Waals surface area contributed by atoms with Gasteiger partial charge in [-0.3, -0.25) is 9.48 Å². The Morgan fingerprint density at radius 2 is 2.04 bits per heavy atom. The quantitative estimate of drug-likeness (QED) is 0.822. The van der Waals surface area contributed by atoms with Gasteiger partial charge in [-0.2, -0.15) is 5.10 Å². The molecule has 6 nitrogen and oxygen atoms in total. The molecule has 2 unspecified atom stereocenters. The highest BCUT2D eigenvalue weighted by Gasteiger charge is 2.37. The van der Waals surface area contributed by atoms with Gasteiger partial charge in [0.25, 0.3) is 5.91 Å². The van der Waals surface area contributed by atoms with E-state index in [1.807, 2.05) is 15.6 Å². The summed E-state index contributed by atoms with van der Waals surface area (Å²) in [6.45, 7) is 2.94. The number of rotatable bonds is 4. The van der Waals surface area contributed by atoms with Crippen molar-refractivity contribution in [2.45, 2.75) is 69.9 Å². The lowest BCUT2D eigenvalue weighted by Crippen LogP contribution is -2.43. The largest absolute Gasteiger partial charge is 0.334 e.